The van der Waals surface area contributed by atoms with Crippen LogP contribution in [0.15, 0.2) is 18.2 Å². The highest BCUT2D eigenvalue weighted by atomic mass is 16.2. The number of amides is 3. The average Bonchev–Trinajstić information content (AvgIpc) is 3.23. The van der Waals surface area contributed by atoms with Gasteiger partial charge < -0.3 is 15.1 Å². The Balaban J connectivity index is 1.54. The predicted octanol–water partition coefficient (Wildman–Crippen LogP) is 3.71. The third-order valence-electron chi connectivity index (χ3n) is 6.08. The van der Waals surface area contributed by atoms with E-state index in [1.807, 2.05) is 15.9 Å². The van der Waals surface area contributed by atoms with Gasteiger partial charge in [-0.3, -0.25) is 9.69 Å². The topological polar surface area (TPSA) is 55.9 Å². The number of piperazine rings is 1. The van der Waals surface area contributed by atoms with E-state index in [0.717, 1.165) is 44.7 Å². The van der Waals surface area contributed by atoms with Crippen molar-refractivity contribution in [3.8, 4) is 0 Å². The zero-order chi connectivity index (χ0) is 21.0. The lowest BCUT2D eigenvalue weighted by molar-refractivity contribution is -0.131. The van der Waals surface area contributed by atoms with Gasteiger partial charge in [0.15, 0.2) is 0 Å². The van der Waals surface area contributed by atoms with Crippen LogP contribution in [0.25, 0.3) is 0 Å². The molecule has 0 aliphatic carbocycles. The first-order valence-electron chi connectivity index (χ1n) is 11.0. The van der Waals surface area contributed by atoms with Gasteiger partial charge in [0.05, 0.1) is 6.54 Å². The second-order valence-electron chi connectivity index (χ2n) is 8.94. The van der Waals surface area contributed by atoms with Crippen LogP contribution in [-0.2, 0) is 4.79 Å². The summed E-state index contributed by atoms with van der Waals surface area (Å²) in [6.45, 7) is 13.8. The molecular formula is C23H36N4O2. The van der Waals surface area contributed by atoms with Crippen molar-refractivity contribution < 1.29 is 9.59 Å². The summed E-state index contributed by atoms with van der Waals surface area (Å²) in [4.78, 5) is 31.2. The third-order valence-corrected chi connectivity index (χ3v) is 6.08. The highest BCUT2D eigenvalue weighted by molar-refractivity contribution is 5.90. The summed E-state index contributed by atoms with van der Waals surface area (Å²) in [6.07, 6.45) is 2.24. The highest BCUT2D eigenvalue weighted by Gasteiger charge is 2.25. The molecule has 2 fully saturated rings. The lowest BCUT2D eigenvalue weighted by Crippen LogP contribution is -2.52. The zero-order valence-corrected chi connectivity index (χ0v) is 18.4. The van der Waals surface area contributed by atoms with Gasteiger partial charge in [-0.05, 0) is 41.9 Å². The van der Waals surface area contributed by atoms with Crippen LogP contribution < -0.4 is 5.32 Å². The van der Waals surface area contributed by atoms with Crippen molar-refractivity contribution in [2.24, 2.45) is 0 Å². The largest absolute Gasteiger partial charge is 0.342 e. The van der Waals surface area contributed by atoms with Gasteiger partial charge in [-0.15, -0.1) is 0 Å². The molecule has 0 radical (unpaired) electrons. The molecule has 6 nitrogen and oxygen atoms in total. The molecule has 0 spiro atoms. The van der Waals surface area contributed by atoms with E-state index in [0.29, 0.717) is 31.5 Å². The van der Waals surface area contributed by atoms with Crippen LogP contribution in [0.1, 0.15) is 63.5 Å². The molecule has 0 aromatic heterocycles. The number of carbonyl (C=O) groups is 2. The molecule has 3 amide bonds. The smallest absolute Gasteiger partial charge is 0.321 e. The van der Waals surface area contributed by atoms with E-state index in [4.69, 9.17) is 0 Å². The van der Waals surface area contributed by atoms with Gasteiger partial charge >= 0.3 is 6.03 Å². The van der Waals surface area contributed by atoms with E-state index >= 15 is 0 Å². The molecule has 6 heteroatoms. The number of likely N-dealkylation sites (tertiary alicyclic amines) is 1. The SMILES string of the molecule is CC(C)c1ccc(NC(=O)N2CCN(CC(=O)N3CCCC3)CC2)c(C(C)C)c1. The molecule has 0 unspecified atom stereocenters. The summed E-state index contributed by atoms with van der Waals surface area (Å²) in [6, 6.07) is 6.31. The average molecular weight is 401 g/mol. The minimum Gasteiger partial charge on any atom is -0.342 e. The number of urea groups is 1. The molecule has 2 heterocycles. The Morgan fingerprint density at radius 2 is 1.55 bits per heavy atom. The van der Waals surface area contributed by atoms with Gasteiger partial charge in [-0.25, -0.2) is 4.79 Å². The lowest BCUT2D eigenvalue weighted by Gasteiger charge is -2.35. The van der Waals surface area contributed by atoms with Crippen molar-refractivity contribution in [2.45, 2.75) is 52.4 Å². The van der Waals surface area contributed by atoms with Crippen LogP contribution in [0.2, 0.25) is 0 Å². The Morgan fingerprint density at radius 3 is 2.14 bits per heavy atom. The Hall–Kier alpha value is -2.08. The van der Waals surface area contributed by atoms with Crippen LogP contribution >= 0.6 is 0 Å². The van der Waals surface area contributed by atoms with Crippen molar-refractivity contribution in [3.63, 3.8) is 0 Å². The summed E-state index contributed by atoms with van der Waals surface area (Å²) < 4.78 is 0. The number of hydrogen-bond acceptors (Lipinski definition) is 3. The molecule has 2 aliphatic heterocycles. The molecule has 3 rings (SSSR count). The number of anilines is 1. The fraction of sp³-hybridized carbons (Fsp3) is 0.652. The molecule has 2 aliphatic rings. The monoisotopic (exact) mass is 400 g/mol. The standard InChI is InChI=1S/C23H36N4O2/c1-17(2)19-7-8-21(20(15-19)18(3)4)24-23(29)27-13-11-25(12-14-27)16-22(28)26-9-5-6-10-26/h7-8,15,17-18H,5-6,9-14,16H2,1-4H3,(H,24,29). The van der Waals surface area contributed by atoms with Crippen molar-refractivity contribution in [1.82, 2.24) is 14.7 Å². The maximum absolute atomic E-state index is 12.8. The van der Waals surface area contributed by atoms with Gasteiger partial charge in [-0.1, -0.05) is 39.8 Å². The second-order valence-corrected chi connectivity index (χ2v) is 8.94. The quantitative estimate of drug-likeness (QED) is 0.820. The van der Waals surface area contributed by atoms with Crippen LogP contribution in [0, 0.1) is 0 Å². The van der Waals surface area contributed by atoms with E-state index in [-0.39, 0.29) is 11.9 Å². The summed E-state index contributed by atoms with van der Waals surface area (Å²) in [7, 11) is 0. The number of rotatable bonds is 5. The second kappa shape index (κ2) is 9.61. The number of carbonyl (C=O) groups excluding carboxylic acids is 2. The van der Waals surface area contributed by atoms with Crippen molar-refractivity contribution in [2.75, 3.05) is 51.1 Å². The molecule has 0 bridgehead atoms. The maximum Gasteiger partial charge on any atom is 0.321 e. The number of benzene rings is 1. The van der Waals surface area contributed by atoms with Gasteiger partial charge in [0.1, 0.15) is 0 Å². The van der Waals surface area contributed by atoms with Crippen molar-refractivity contribution in [1.29, 1.82) is 0 Å². The number of nitrogens with zero attached hydrogens (tertiary/aromatic N) is 3. The molecule has 1 aromatic carbocycles. The van der Waals surface area contributed by atoms with Crippen LogP contribution in [-0.4, -0.2) is 72.5 Å². The minimum atomic E-state index is -0.0466. The summed E-state index contributed by atoms with van der Waals surface area (Å²) in [5.41, 5.74) is 3.38. The Morgan fingerprint density at radius 1 is 0.897 bits per heavy atom. The summed E-state index contributed by atoms with van der Waals surface area (Å²) in [5, 5.41) is 3.12. The first-order chi connectivity index (χ1) is 13.8. The Labute approximate surface area is 175 Å². The molecule has 0 atom stereocenters. The number of nitrogens with one attached hydrogen (secondary N) is 1. The van der Waals surface area contributed by atoms with Crippen LogP contribution in [0.4, 0.5) is 10.5 Å². The molecule has 1 aromatic rings. The van der Waals surface area contributed by atoms with Gasteiger partial charge in [0.25, 0.3) is 0 Å². The summed E-state index contributed by atoms with van der Waals surface area (Å²) >= 11 is 0. The predicted molar refractivity (Wildman–Crippen MR) is 117 cm³/mol. The first kappa shape index (κ1) is 21.6. The van der Waals surface area contributed by atoms with Crippen molar-refractivity contribution in [3.05, 3.63) is 29.3 Å². The highest BCUT2D eigenvalue weighted by Crippen LogP contribution is 2.28. The molecule has 160 valence electrons. The lowest BCUT2D eigenvalue weighted by atomic mass is 9.94. The number of hydrogen-bond donors (Lipinski definition) is 1. The van der Waals surface area contributed by atoms with E-state index < -0.39 is 0 Å². The van der Waals surface area contributed by atoms with E-state index in [1.54, 1.807) is 0 Å². The van der Waals surface area contributed by atoms with Gasteiger partial charge in [-0.2, -0.15) is 0 Å². The first-order valence-corrected chi connectivity index (χ1v) is 11.0. The minimum absolute atomic E-state index is 0.0466. The molecule has 0 saturated carbocycles. The Bertz CT molecular complexity index is 718. The van der Waals surface area contributed by atoms with E-state index in [9.17, 15) is 9.59 Å². The molecule has 29 heavy (non-hydrogen) atoms. The van der Waals surface area contributed by atoms with Gasteiger partial charge in [0.2, 0.25) is 5.91 Å². The fourth-order valence-corrected chi connectivity index (χ4v) is 4.09. The van der Waals surface area contributed by atoms with Gasteiger partial charge in [0, 0.05) is 45.0 Å². The fourth-order valence-electron chi connectivity index (χ4n) is 4.09. The van der Waals surface area contributed by atoms with Crippen LogP contribution in [0.5, 0.6) is 0 Å². The Kier molecular flexibility index (Phi) is 7.17. The van der Waals surface area contributed by atoms with Crippen LogP contribution in [0.3, 0.4) is 0 Å². The third kappa shape index (κ3) is 5.50. The molecular weight excluding hydrogens is 364 g/mol. The zero-order valence-electron chi connectivity index (χ0n) is 18.4. The summed E-state index contributed by atoms with van der Waals surface area (Å²) in [5.74, 6) is 1.04. The molecule has 2 saturated heterocycles. The van der Waals surface area contributed by atoms with E-state index in [2.05, 4.69) is 50.0 Å². The van der Waals surface area contributed by atoms with Crippen molar-refractivity contribution >= 4 is 17.6 Å². The maximum atomic E-state index is 12.8. The van der Waals surface area contributed by atoms with E-state index in [1.165, 1.54) is 11.1 Å². The molecule has 1 N–H and O–H groups in total. The normalized spacial score (nSPS) is 18.0.